The van der Waals surface area contributed by atoms with Gasteiger partial charge < -0.3 is 6.92 Å². The van der Waals surface area contributed by atoms with Crippen LogP contribution in [0, 0.1) is 19.8 Å². The molecular weight excluding hydrogens is 108 g/mol. The van der Waals surface area contributed by atoms with E-state index in [1.165, 1.54) is 6.08 Å². The fourth-order valence-corrected chi connectivity index (χ4v) is 0. The van der Waals surface area contributed by atoms with E-state index in [1.807, 2.05) is 0 Å². The number of allylic oxidation sites excluding steroid dienone is 1. The second kappa shape index (κ2) is 15.7. The summed E-state index contributed by atoms with van der Waals surface area (Å²) >= 11 is 0. The monoisotopic (exact) mass is 122 g/mol. The summed E-state index contributed by atoms with van der Waals surface area (Å²) in [6, 6.07) is 0. The van der Waals surface area contributed by atoms with E-state index < -0.39 is 0 Å². The molecule has 1 heteroatoms. The Bertz CT molecular complexity index is 28.6. The first kappa shape index (κ1) is 15.8. The Hall–Kier alpha value is 0.376. The van der Waals surface area contributed by atoms with E-state index >= 15 is 0 Å². The van der Waals surface area contributed by atoms with Gasteiger partial charge in [-0.1, -0.05) is 13.8 Å². The molecule has 0 bridgehead atoms. The van der Waals surface area contributed by atoms with Crippen LogP contribution in [0.25, 0.3) is 0 Å². The van der Waals surface area contributed by atoms with Crippen molar-refractivity contribution in [2.75, 3.05) is 0 Å². The minimum absolute atomic E-state index is 0. The Morgan fingerprint density at radius 1 is 1.50 bits per heavy atom. The van der Waals surface area contributed by atoms with Crippen LogP contribution in [0.5, 0.6) is 0 Å². The van der Waals surface area contributed by atoms with Crippen LogP contribution in [0.3, 0.4) is 0 Å². The van der Waals surface area contributed by atoms with Crippen molar-refractivity contribution in [3.8, 4) is 0 Å². The van der Waals surface area contributed by atoms with Crippen molar-refractivity contribution in [3.05, 3.63) is 26.5 Å². The van der Waals surface area contributed by atoms with Gasteiger partial charge in [0.2, 0.25) is 0 Å². The molecule has 0 heterocycles. The number of hydrogen-bond acceptors (Lipinski definition) is 0. The number of rotatable bonds is 0. The Morgan fingerprint density at radius 3 is 1.50 bits per heavy atom. The maximum atomic E-state index is 3.64. The van der Waals surface area contributed by atoms with Crippen LogP contribution >= 0.6 is 0 Å². The molecule has 0 unspecified atom stereocenters. The van der Waals surface area contributed by atoms with Crippen molar-refractivity contribution >= 4 is 23.1 Å². The molecule has 0 saturated heterocycles. The molecule has 0 N–H and O–H groups in total. The number of hydrogen-bond donors (Lipinski definition) is 0. The van der Waals surface area contributed by atoms with Crippen molar-refractivity contribution in [2.45, 2.75) is 13.8 Å². The van der Waals surface area contributed by atoms with Crippen LogP contribution in [-0.2, 0) is 0 Å². The Labute approximate surface area is 69.5 Å². The predicted octanol–water partition coefficient (Wildman–Crippen LogP) is 2.10. The molecule has 0 aromatic rings. The van der Waals surface area contributed by atoms with Crippen LogP contribution in [-0.4, -0.2) is 23.1 Å². The molecule has 0 aliphatic rings. The standard InChI is InChI=1S/C4H9.C3H5.Mg/c1-4(2)3;1-3-2;/h4H,1H2,2-3H3;3H,1-2H2;/q2*-1;+2. The van der Waals surface area contributed by atoms with E-state index in [9.17, 15) is 0 Å². The normalized spacial score (nSPS) is 6.00. The fourth-order valence-electron chi connectivity index (χ4n) is 0. The van der Waals surface area contributed by atoms with Crippen LogP contribution in [0.4, 0.5) is 0 Å². The van der Waals surface area contributed by atoms with E-state index in [0.717, 1.165) is 0 Å². The minimum Gasteiger partial charge on any atom is -0.341 e. The van der Waals surface area contributed by atoms with Gasteiger partial charge in [-0.25, -0.2) is 19.6 Å². The van der Waals surface area contributed by atoms with Crippen molar-refractivity contribution in [1.82, 2.24) is 0 Å². The molecule has 44 valence electrons. The van der Waals surface area contributed by atoms with Gasteiger partial charge in [-0.3, -0.25) is 0 Å². The van der Waals surface area contributed by atoms with E-state index in [4.69, 9.17) is 0 Å². The average molecular weight is 122 g/mol. The van der Waals surface area contributed by atoms with Gasteiger partial charge in [0.15, 0.2) is 0 Å². The largest absolute Gasteiger partial charge is 2.00 e. The Balaban J connectivity index is -0.0000000575. The average Bonchev–Trinajstić information content (AvgIpc) is 1.33. The van der Waals surface area contributed by atoms with Gasteiger partial charge in [0.05, 0.1) is 0 Å². The van der Waals surface area contributed by atoms with E-state index in [2.05, 4.69) is 34.3 Å². The summed E-state index contributed by atoms with van der Waals surface area (Å²) in [7, 11) is 0. The molecular formula is C7H14Mg. The summed E-state index contributed by atoms with van der Waals surface area (Å²) in [5.74, 6) is 0.583. The summed E-state index contributed by atoms with van der Waals surface area (Å²) in [5, 5.41) is 0. The Kier molecular flexibility index (Phi) is 30.9. The molecule has 0 nitrogen and oxygen atoms in total. The van der Waals surface area contributed by atoms with Gasteiger partial charge >= 0.3 is 23.1 Å². The maximum absolute atomic E-state index is 3.64. The van der Waals surface area contributed by atoms with Gasteiger partial charge in [0.1, 0.15) is 0 Å². The summed E-state index contributed by atoms with van der Waals surface area (Å²) in [6.45, 7) is 14.2. The smallest absolute Gasteiger partial charge is 0.341 e. The fraction of sp³-hybridized carbons (Fsp3) is 0.429. The zero-order valence-electron chi connectivity index (χ0n) is 5.98. The summed E-state index contributed by atoms with van der Waals surface area (Å²) in [6.07, 6.45) is 1.50. The van der Waals surface area contributed by atoms with Crippen molar-refractivity contribution < 1.29 is 0 Å². The third kappa shape index (κ3) is 1300. The van der Waals surface area contributed by atoms with Gasteiger partial charge in [-0.2, -0.15) is 5.92 Å². The SMILES string of the molecule is C=C[CH2-].[CH2-]C(C)C.[Mg+2]. The topological polar surface area (TPSA) is 0 Å². The molecule has 0 atom stereocenters. The van der Waals surface area contributed by atoms with Crippen LogP contribution < -0.4 is 0 Å². The third-order valence-electron chi connectivity index (χ3n) is 0. The van der Waals surface area contributed by atoms with E-state index in [-0.39, 0.29) is 23.1 Å². The molecule has 0 aromatic carbocycles. The first-order valence-corrected chi connectivity index (χ1v) is 2.38. The molecule has 8 heavy (non-hydrogen) atoms. The van der Waals surface area contributed by atoms with Gasteiger partial charge in [-0.15, -0.1) is 0 Å². The molecule has 0 fully saturated rings. The van der Waals surface area contributed by atoms with E-state index in [0.29, 0.717) is 5.92 Å². The van der Waals surface area contributed by atoms with E-state index in [1.54, 1.807) is 0 Å². The summed E-state index contributed by atoms with van der Waals surface area (Å²) in [5.41, 5.74) is 0. The molecule has 0 aromatic heterocycles. The second-order valence-electron chi connectivity index (χ2n) is 1.68. The van der Waals surface area contributed by atoms with Crippen molar-refractivity contribution in [1.29, 1.82) is 0 Å². The zero-order valence-corrected chi connectivity index (χ0v) is 7.40. The minimum atomic E-state index is 0. The predicted molar refractivity (Wildman–Crippen MR) is 41.5 cm³/mol. The first-order chi connectivity index (χ1) is 3.15. The van der Waals surface area contributed by atoms with Crippen molar-refractivity contribution in [2.24, 2.45) is 5.92 Å². The molecule has 0 aliphatic heterocycles. The summed E-state index contributed by atoms with van der Waals surface area (Å²) < 4.78 is 0. The van der Waals surface area contributed by atoms with Crippen molar-refractivity contribution in [3.63, 3.8) is 0 Å². The van der Waals surface area contributed by atoms with Gasteiger partial charge in [-0.05, 0) is 0 Å². The first-order valence-electron chi connectivity index (χ1n) is 2.38. The van der Waals surface area contributed by atoms with Crippen LogP contribution in [0.2, 0.25) is 0 Å². The van der Waals surface area contributed by atoms with Gasteiger partial charge in [0, 0.05) is 0 Å². The molecule has 0 rings (SSSR count). The molecule has 0 aliphatic carbocycles. The molecule has 0 saturated carbocycles. The molecule has 0 amide bonds. The maximum Gasteiger partial charge on any atom is 2.00 e. The third-order valence-corrected chi connectivity index (χ3v) is 0. The molecule has 0 spiro atoms. The second-order valence-corrected chi connectivity index (χ2v) is 1.68. The summed E-state index contributed by atoms with van der Waals surface area (Å²) in [4.78, 5) is 0. The quantitative estimate of drug-likeness (QED) is 0.341. The Morgan fingerprint density at radius 2 is 1.50 bits per heavy atom. The van der Waals surface area contributed by atoms with Gasteiger partial charge in [0.25, 0.3) is 0 Å². The van der Waals surface area contributed by atoms with Crippen LogP contribution in [0.15, 0.2) is 12.7 Å². The van der Waals surface area contributed by atoms with Crippen LogP contribution in [0.1, 0.15) is 13.8 Å². The molecule has 0 radical (unpaired) electrons. The zero-order chi connectivity index (χ0) is 6.28.